The van der Waals surface area contributed by atoms with Crippen LogP contribution in [0.5, 0.6) is 5.06 Å². The number of oxime groups is 1. The number of nitrogens with zero attached hydrogens (tertiary/aromatic N) is 1. The van der Waals surface area contributed by atoms with E-state index in [1.165, 1.54) is 18.2 Å². The minimum Gasteiger partial charge on any atom is -0.399 e. The van der Waals surface area contributed by atoms with Gasteiger partial charge in [0.25, 0.3) is 5.60 Å². The zero-order valence-corrected chi connectivity index (χ0v) is 21.4. The maximum atomic E-state index is 14.4. The summed E-state index contributed by atoms with van der Waals surface area (Å²) < 4.78 is 54.3. The van der Waals surface area contributed by atoms with Crippen LogP contribution in [-0.4, -0.2) is 37.2 Å². The van der Waals surface area contributed by atoms with E-state index in [0.717, 1.165) is 48.1 Å². The number of fused-ring (bicyclic) bond motifs is 1. The summed E-state index contributed by atoms with van der Waals surface area (Å²) >= 11 is 13.1. The molecule has 2 aromatic rings. The van der Waals surface area contributed by atoms with Gasteiger partial charge in [0, 0.05) is 27.8 Å². The Morgan fingerprint density at radius 2 is 1.86 bits per heavy atom. The Balaban J connectivity index is 1.43. The molecule has 1 aromatic heterocycles. The maximum absolute atomic E-state index is 14.4. The second-order valence-electron chi connectivity index (χ2n) is 9.12. The lowest BCUT2D eigenvalue weighted by molar-refractivity contribution is -0.275. The van der Waals surface area contributed by atoms with Crippen LogP contribution in [0.3, 0.4) is 0 Å². The second kappa shape index (κ2) is 10.0. The Morgan fingerprint density at radius 3 is 2.53 bits per heavy atom. The predicted molar refractivity (Wildman–Crippen MR) is 130 cm³/mol. The van der Waals surface area contributed by atoms with Crippen molar-refractivity contribution in [1.29, 1.82) is 0 Å². The van der Waals surface area contributed by atoms with Crippen LogP contribution in [-0.2, 0) is 28.0 Å². The van der Waals surface area contributed by atoms with Gasteiger partial charge >= 0.3 is 12.3 Å². The van der Waals surface area contributed by atoms with Crippen molar-refractivity contribution in [2.45, 2.75) is 62.8 Å². The Kier molecular flexibility index (Phi) is 7.15. The smallest absolute Gasteiger partial charge is 0.399 e. The molecule has 1 saturated heterocycles. The first kappa shape index (κ1) is 25.6. The van der Waals surface area contributed by atoms with Crippen molar-refractivity contribution in [2.75, 3.05) is 13.2 Å². The first-order valence-electron chi connectivity index (χ1n) is 11.7. The molecule has 2 atom stereocenters. The van der Waals surface area contributed by atoms with Gasteiger partial charge in [-0.05, 0) is 62.3 Å². The number of ether oxygens (including phenoxy) is 2. The number of nitrogens with one attached hydrogen (secondary N) is 1. The molecule has 194 valence electrons. The molecular weight excluding hydrogens is 540 g/mol. The van der Waals surface area contributed by atoms with Gasteiger partial charge in [-0.2, -0.15) is 13.2 Å². The van der Waals surface area contributed by atoms with Crippen LogP contribution in [0.1, 0.15) is 53.7 Å². The van der Waals surface area contributed by atoms with E-state index in [2.05, 4.69) is 10.5 Å². The van der Waals surface area contributed by atoms with E-state index in [9.17, 15) is 18.0 Å². The number of halogens is 5. The molecule has 0 bridgehead atoms. The highest BCUT2D eigenvalue weighted by Gasteiger charge is 2.62. The summed E-state index contributed by atoms with van der Waals surface area (Å²) in [4.78, 5) is 18.3. The molecule has 1 amide bonds. The standard InChI is InChI=1S/C24H23Cl2F3N2O4S/c25-14-8-13(9-15(26)10-14)23(24(27,28)29)11-19(31-35-23)20-17-5-1-2-6-18(17)21(36-20)34-22(32)30-16-4-3-7-33-12-16/h8-10,16H,1-7,11-12H2,(H,30,32). The summed E-state index contributed by atoms with van der Waals surface area (Å²) in [6, 6.07) is 3.61. The Labute approximate surface area is 219 Å². The van der Waals surface area contributed by atoms with Crippen LogP contribution in [0, 0.1) is 0 Å². The van der Waals surface area contributed by atoms with Gasteiger partial charge in [0.15, 0.2) is 5.06 Å². The predicted octanol–water partition coefficient (Wildman–Crippen LogP) is 6.78. The molecule has 1 N–H and O–H groups in total. The zero-order valence-electron chi connectivity index (χ0n) is 19.1. The molecule has 0 radical (unpaired) electrons. The fraction of sp³-hybridized carbons (Fsp3) is 0.500. The van der Waals surface area contributed by atoms with E-state index < -0.39 is 24.3 Å². The summed E-state index contributed by atoms with van der Waals surface area (Å²) in [5, 5.41) is 7.23. The van der Waals surface area contributed by atoms with E-state index in [1.807, 2.05) is 0 Å². The molecule has 1 aliphatic carbocycles. The van der Waals surface area contributed by atoms with Gasteiger partial charge < -0.3 is 19.6 Å². The lowest BCUT2D eigenvalue weighted by Gasteiger charge is -2.29. The average Bonchev–Trinajstić information content (AvgIpc) is 3.42. The van der Waals surface area contributed by atoms with Crippen molar-refractivity contribution in [3.63, 3.8) is 0 Å². The Bertz CT molecular complexity index is 1180. The van der Waals surface area contributed by atoms with Gasteiger partial charge in [0.1, 0.15) is 5.71 Å². The second-order valence-corrected chi connectivity index (χ2v) is 11.0. The summed E-state index contributed by atoms with van der Waals surface area (Å²) in [5.41, 5.74) is -1.08. The number of benzene rings is 1. The molecule has 2 aliphatic heterocycles. The van der Waals surface area contributed by atoms with Crippen molar-refractivity contribution < 1.29 is 32.3 Å². The highest BCUT2D eigenvalue weighted by Crippen LogP contribution is 2.51. The van der Waals surface area contributed by atoms with Gasteiger partial charge in [0.2, 0.25) is 0 Å². The van der Waals surface area contributed by atoms with E-state index in [-0.39, 0.29) is 27.4 Å². The molecule has 2 unspecified atom stereocenters. The largest absolute Gasteiger partial charge is 0.435 e. The van der Waals surface area contributed by atoms with Gasteiger partial charge in [0.05, 0.1) is 23.9 Å². The zero-order chi connectivity index (χ0) is 25.5. The number of amides is 1. The molecule has 5 rings (SSSR count). The summed E-state index contributed by atoms with van der Waals surface area (Å²) in [7, 11) is 0. The highest BCUT2D eigenvalue weighted by atomic mass is 35.5. The molecule has 3 heterocycles. The fourth-order valence-electron chi connectivity index (χ4n) is 4.86. The van der Waals surface area contributed by atoms with Crippen molar-refractivity contribution in [2.24, 2.45) is 5.16 Å². The summed E-state index contributed by atoms with van der Waals surface area (Å²) in [6.45, 7) is 1.09. The van der Waals surface area contributed by atoms with E-state index >= 15 is 0 Å². The third-order valence-electron chi connectivity index (χ3n) is 6.63. The highest BCUT2D eigenvalue weighted by molar-refractivity contribution is 7.16. The lowest BCUT2D eigenvalue weighted by Crippen LogP contribution is -2.42. The summed E-state index contributed by atoms with van der Waals surface area (Å²) in [5.74, 6) is 0. The van der Waals surface area contributed by atoms with Crippen LogP contribution in [0.15, 0.2) is 23.4 Å². The maximum Gasteiger partial charge on any atom is 0.435 e. The molecule has 6 nitrogen and oxygen atoms in total. The van der Waals surface area contributed by atoms with Crippen molar-refractivity contribution in [3.05, 3.63) is 49.8 Å². The van der Waals surface area contributed by atoms with Crippen LogP contribution >= 0.6 is 34.5 Å². The lowest BCUT2D eigenvalue weighted by atomic mass is 9.86. The van der Waals surface area contributed by atoms with Crippen LogP contribution < -0.4 is 10.1 Å². The van der Waals surface area contributed by atoms with Crippen molar-refractivity contribution in [1.82, 2.24) is 5.32 Å². The summed E-state index contributed by atoms with van der Waals surface area (Å²) in [6.07, 6.45) is -1.19. The number of carbonyl (C=O) groups is 1. The minimum atomic E-state index is -4.79. The van der Waals surface area contributed by atoms with Gasteiger partial charge in [-0.3, -0.25) is 0 Å². The first-order chi connectivity index (χ1) is 17.2. The number of alkyl halides is 3. The number of hydrogen-bond acceptors (Lipinski definition) is 6. The Hall–Kier alpha value is -2.01. The third-order valence-corrected chi connectivity index (χ3v) is 8.27. The Morgan fingerprint density at radius 1 is 1.14 bits per heavy atom. The van der Waals surface area contributed by atoms with Crippen LogP contribution in [0.2, 0.25) is 10.0 Å². The number of thiophene rings is 1. The molecule has 1 fully saturated rings. The number of rotatable bonds is 4. The van der Waals surface area contributed by atoms with Crippen LogP contribution in [0.4, 0.5) is 18.0 Å². The van der Waals surface area contributed by atoms with E-state index in [0.29, 0.717) is 36.0 Å². The molecule has 0 spiro atoms. The molecule has 1 aromatic carbocycles. The number of carbonyl (C=O) groups excluding carboxylic acids is 1. The van der Waals surface area contributed by atoms with Crippen molar-refractivity contribution in [3.8, 4) is 5.06 Å². The number of hydrogen-bond donors (Lipinski definition) is 1. The van der Waals surface area contributed by atoms with Crippen LogP contribution in [0.25, 0.3) is 0 Å². The third kappa shape index (κ3) is 4.92. The van der Waals surface area contributed by atoms with Gasteiger partial charge in [-0.15, -0.1) is 0 Å². The topological polar surface area (TPSA) is 69.2 Å². The SMILES string of the molecule is O=C(NC1CCCOC1)Oc1sc(C2=NOC(c3cc(Cl)cc(Cl)c3)(C(F)(F)F)C2)c2c1CCCC2. The van der Waals surface area contributed by atoms with E-state index in [4.69, 9.17) is 37.5 Å². The average molecular weight is 563 g/mol. The normalized spacial score (nSPS) is 24.0. The quantitative estimate of drug-likeness (QED) is 0.445. The minimum absolute atomic E-state index is 0.0664. The molecule has 36 heavy (non-hydrogen) atoms. The molecular formula is C24H23Cl2F3N2O4S. The molecule has 0 saturated carbocycles. The fourth-order valence-corrected chi connectivity index (χ4v) is 6.61. The van der Waals surface area contributed by atoms with Gasteiger partial charge in [-0.1, -0.05) is 39.7 Å². The van der Waals surface area contributed by atoms with E-state index in [1.54, 1.807) is 0 Å². The first-order valence-corrected chi connectivity index (χ1v) is 13.2. The monoisotopic (exact) mass is 562 g/mol. The molecule has 3 aliphatic rings. The van der Waals surface area contributed by atoms with Crippen molar-refractivity contribution >= 4 is 46.3 Å². The molecule has 12 heteroatoms. The van der Waals surface area contributed by atoms with Gasteiger partial charge in [-0.25, -0.2) is 4.79 Å².